The fraction of sp³-hybridized carbons (Fsp3) is 0.588. The van der Waals surface area contributed by atoms with Crippen LogP contribution in [0.4, 0.5) is 0 Å². The number of fused-ring (bicyclic) bond motifs is 1. The molecule has 1 atom stereocenters. The third kappa shape index (κ3) is 2.88. The fourth-order valence-electron chi connectivity index (χ4n) is 3.10. The van der Waals surface area contributed by atoms with Gasteiger partial charge >= 0.3 is 0 Å². The summed E-state index contributed by atoms with van der Waals surface area (Å²) in [6, 6.07) is 9.24. The number of hydrogen-bond donors (Lipinski definition) is 1. The molecule has 3 heteroatoms. The molecule has 1 heterocycles. The molecule has 3 rings (SSSR count). The van der Waals surface area contributed by atoms with Crippen LogP contribution in [0.3, 0.4) is 0 Å². The number of nitrogens with zero attached hydrogens (tertiary/aromatic N) is 2. The van der Waals surface area contributed by atoms with Crippen molar-refractivity contribution in [2.75, 3.05) is 6.54 Å². The molecule has 0 radical (unpaired) electrons. The maximum Gasteiger partial charge on any atom is 0.0703 e. The molecular formula is C17H25N3. The van der Waals surface area contributed by atoms with Gasteiger partial charge in [-0.3, -0.25) is 4.68 Å². The Kier molecular flexibility index (Phi) is 4.06. The van der Waals surface area contributed by atoms with Crippen molar-refractivity contribution in [3.05, 3.63) is 30.0 Å². The molecule has 1 fully saturated rings. The maximum absolute atomic E-state index is 4.71. The highest BCUT2D eigenvalue weighted by atomic mass is 15.3. The van der Waals surface area contributed by atoms with E-state index in [1.54, 1.807) is 0 Å². The van der Waals surface area contributed by atoms with Crippen molar-refractivity contribution in [1.29, 1.82) is 0 Å². The predicted octanol–water partition coefficient (Wildman–Crippen LogP) is 3.28. The molecule has 0 amide bonds. The molecule has 1 aliphatic carbocycles. The van der Waals surface area contributed by atoms with Gasteiger partial charge in [0.2, 0.25) is 0 Å². The Morgan fingerprint density at radius 2 is 2.15 bits per heavy atom. The molecule has 0 bridgehead atoms. The second-order valence-electron chi connectivity index (χ2n) is 6.02. The maximum atomic E-state index is 4.71. The van der Waals surface area contributed by atoms with Crippen LogP contribution in [-0.4, -0.2) is 22.4 Å². The van der Waals surface area contributed by atoms with Crippen LogP contribution < -0.4 is 5.32 Å². The fourth-order valence-corrected chi connectivity index (χ4v) is 3.10. The van der Waals surface area contributed by atoms with E-state index in [1.807, 2.05) is 11.7 Å². The second kappa shape index (κ2) is 5.96. The average Bonchev–Trinajstić information content (AvgIpc) is 3.26. The molecular weight excluding hydrogens is 246 g/mol. The minimum absolute atomic E-state index is 0.690. The molecule has 1 unspecified atom stereocenters. The summed E-state index contributed by atoms with van der Waals surface area (Å²) in [7, 11) is 2.04. The molecule has 0 saturated heterocycles. The number of aromatic nitrogens is 2. The standard InChI is InChI=1S/C17H25N3/c1-3-12-18-15(13-8-9-13)10-11-16-14-6-4-5-7-17(14)20(2)19-16/h4-7,13,15,18H,3,8-12H2,1-2H3. The Hall–Kier alpha value is -1.35. The molecule has 20 heavy (non-hydrogen) atoms. The van der Waals surface area contributed by atoms with Crippen LogP contribution >= 0.6 is 0 Å². The van der Waals surface area contributed by atoms with Gasteiger partial charge in [-0.15, -0.1) is 0 Å². The van der Waals surface area contributed by atoms with Crippen molar-refractivity contribution in [2.45, 2.75) is 45.1 Å². The van der Waals surface area contributed by atoms with E-state index in [9.17, 15) is 0 Å². The number of nitrogens with one attached hydrogen (secondary N) is 1. The van der Waals surface area contributed by atoms with E-state index in [2.05, 4.69) is 36.5 Å². The van der Waals surface area contributed by atoms with Crippen LogP contribution in [0, 0.1) is 5.92 Å². The Balaban J connectivity index is 1.69. The number of rotatable bonds is 7. The van der Waals surface area contributed by atoms with Gasteiger partial charge in [0.1, 0.15) is 0 Å². The van der Waals surface area contributed by atoms with Gasteiger partial charge < -0.3 is 5.32 Å². The zero-order chi connectivity index (χ0) is 13.9. The van der Waals surface area contributed by atoms with Crippen molar-refractivity contribution in [3.63, 3.8) is 0 Å². The number of benzene rings is 1. The number of para-hydroxylation sites is 1. The molecule has 108 valence electrons. The third-order valence-electron chi connectivity index (χ3n) is 4.37. The molecule has 3 nitrogen and oxygen atoms in total. The molecule has 1 N–H and O–H groups in total. The lowest BCUT2D eigenvalue weighted by Gasteiger charge is -2.17. The summed E-state index contributed by atoms with van der Waals surface area (Å²) in [5, 5.41) is 9.75. The first-order valence-electron chi connectivity index (χ1n) is 7.93. The summed E-state index contributed by atoms with van der Waals surface area (Å²) in [6.07, 6.45) is 6.33. The molecule has 1 aromatic heterocycles. The van der Waals surface area contributed by atoms with Gasteiger partial charge in [0.05, 0.1) is 11.2 Å². The Labute approximate surface area is 121 Å². The number of hydrogen-bond acceptors (Lipinski definition) is 2. The van der Waals surface area contributed by atoms with E-state index >= 15 is 0 Å². The van der Waals surface area contributed by atoms with Gasteiger partial charge in [-0.25, -0.2) is 0 Å². The summed E-state index contributed by atoms with van der Waals surface area (Å²) in [5.41, 5.74) is 2.50. The topological polar surface area (TPSA) is 29.9 Å². The van der Waals surface area contributed by atoms with E-state index in [0.29, 0.717) is 6.04 Å². The minimum atomic E-state index is 0.690. The molecule has 1 aliphatic rings. The van der Waals surface area contributed by atoms with Crippen molar-refractivity contribution in [1.82, 2.24) is 15.1 Å². The quantitative estimate of drug-likeness (QED) is 0.837. The monoisotopic (exact) mass is 271 g/mol. The van der Waals surface area contributed by atoms with Gasteiger partial charge in [0.25, 0.3) is 0 Å². The lowest BCUT2D eigenvalue weighted by Crippen LogP contribution is -2.32. The summed E-state index contributed by atoms with van der Waals surface area (Å²) in [4.78, 5) is 0. The molecule has 2 aromatic rings. The van der Waals surface area contributed by atoms with Crippen molar-refractivity contribution >= 4 is 10.9 Å². The van der Waals surface area contributed by atoms with Crippen molar-refractivity contribution in [3.8, 4) is 0 Å². The van der Waals surface area contributed by atoms with Crippen molar-refractivity contribution < 1.29 is 0 Å². The van der Waals surface area contributed by atoms with Crippen LogP contribution in [0.2, 0.25) is 0 Å². The van der Waals surface area contributed by atoms with Crippen LogP contribution in [0.5, 0.6) is 0 Å². The highest BCUT2D eigenvalue weighted by Crippen LogP contribution is 2.34. The lowest BCUT2D eigenvalue weighted by molar-refractivity contribution is 0.434. The molecule has 0 aliphatic heterocycles. The Morgan fingerprint density at radius 3 is 2.90 bits per heavy atom. The largest absolute Gasteiger partial charge is 0.314 e. The van der Waals surface area contributed by atoms with Crippen LogP contribution in [-0.2, 0) is 13.5 Å². The van der Waals surface area contributed by atoms with Gasteiger partial charge in [0, 0.05) is 18.5 Å². The Morgan fingerprint density at radius 1 is 1.35 bits per heavy atom. The predicted molar refractivity (Wildman–Crippen MR) is 83.8 cm³/mol. The van der Waals surface area contributed by atoms with Gasteiger partial charge in [-0.05, 0) is 50.6 Å². The highest BCUT2D eigenvalue weighted by Gasteiger charge is 2.30. The summed E-state index contributed by atoms with van der Waals surface area (Å²) in [6.45, 7) is 3.38. The van der Waals surface area contributed by atoms with Crippen molar-refractivity contribution in [2.24, 2.45) is 13.0 Å². The molecule has 0 spiro atoms. The zero-order valence-corrected chi connectivity index (χ0v) is 12.6. The first-order valence-corrected chi connectivity index (χ1v) is 7.93. The summed E-state index contributed by atoms with van der Waals surface area (Å²) >= 11 is 0. The smallest absolute Gasteiger partial charge is 0.0703 e. The normalized spacial score (nSPS) is 16.7. The lowest BCUT2D eigenvalue weighted by atomic mass is 10.0. The van der Waals surface area contributed by atoms with E-state index in [0.717, 1.165) is 18.9 Å². The molecule has 1 saturated carbocycles. The second-order valence-corrected chi connectivity index (χ2v) is 6.02. The van der Waals surface area contributed by atoms with E-state index < -0.39 is 0 Å². The summed E-state index contributed by atoms with van der Waals surface area (Å²) < 4.78 is 2.01. The van der Waals surface area contributed by atoms with Gasteiger partial charge in [-0.1, -0.05) is 25.1 Å². The third-order valence-corrected chi connectivity index (χ3v) is 4.37. The van der Waals surface area contributed by atoms with E-state index in [4.69, 9.17) is 5.10 Å². The van der Waals surface area contributed by atoms with Gasteiger partial charge in [-0.2, -0.15) is 5.10 Å². The van der Waals surface area contributed by atoms with Crippen LogP contribution in [0.25, 0.3) is 10.9 Å². The van der Waals surface area contributed by atoms with Gasteiger partial charge in [0.15, 0.2) is 0 Å². The first kappa shape index (κ1) is 13.6. The minimum Gasteiger partial charge on any atom is -0.314 e. The SMILES string of the molecule is CCCNC(CCc1nn(C)c2ccccc12)C1CC1. The highest BCUT2D eigenvalue weighted by molar-refractivity contribution is 5.81. The van der Waals surface area contributed by atoms with E-state index in [-0.39, 0.29) is 0 Å². The first-order chi connectivity index (χ1) is 9.79. The van der Waals surface area contributed by atoms with E-state index in [1.165, 1.54) is 42.3 Å². The van der Waals surface area contributed by atoms with Crippen LogP contribution in [0.15, 0.2) is 24.3 Å². The average molecular weight is 271 g/mol. The number of aryl methyl sites for hydroxylation is 2. The summed E-state index contributed by atoms with van der Waals surface area (Å²) in [5.74, 6) is 0.913. The Bertz CT molecular complexity index is 569. The zero-order valence-electron chi connectivity index (χ0n) is 12.6. The molecule has 1 aromatic carbocycles. The van der Waals surface area contributed by atoms with Crippen LogP contribution in [0.1, 0.15) is 38.3 Å².